The number of pyridine rings is 1. The van der Waals surface area contributed by atoms with E-state index in [1.807, 2.05) is 12.1 Å². The lowest BCUT2D eigenvalue weighted by atomic mass is 10.1. The van der Waals surface area contributed by atoms with Crippen LogP contribution in [0.15, 0.2) is 47.4 Å². The number of hydrogen-bond donors (Lipinski definition) is 1. The van der Waals surface area contributed by atoms with Gasteiger partial charge in [-0.25, -0.2) is 0 Å². The first-order valence-corrected chi connectivity index (χ1v) is 9.78. The summed E-state index contributed by atoms with van der Waals surface area (Å²) in [6.07, 6.45) is 1.66. The van der Waals surface area contributed by atoms with Crippen LogP contribution in [0, 0.1) is 6.92 Å². The van der Waals surface area contributed by atoms with Gasteiger partial charge in [0.2, 0.25) is 0 Å². The summed E-state index contributed by atoms with van der Waals surface area (Å²) in [5.41, 5.74) is 2.53. The molecule has 0 spiro atoms. The highest BCUT2D eigenvalue weighted by atomic mass is 32.1. The molecular weight excluding hydrogens is 390 g/mol. The molecule has 29 heavy (non-hydrogen) atoms. The van der Waals surface area contributed by atoms with Crippen LogP contribution in [0.2, 0.25) is 0 Å². The van der Waals surface area contributed by atoms with E-state index in [2.05, 4.69) is 10.3 Å². The lowest BCUT2D eigenvalue weighted by Crippen LogP contribution is -2.23. The Morgan fingerprint density at radius 1 is 1.24 bits per heavy atom. The third-order valence-electron chi connectivity index (χ3n) is 4.52. The second-order valence-corrected chi connectivity index (χ2v) is 7.42. The molecule has 0 aliphatic heterocycles. The minimum atomic E-state index is -0.321. The number of Topliss-reactive ketones (excluding diaryl/α,β-unsaturated/α-hetero) is 1. The van der Waals surface area contributed by atoms with Crippen LogP contribution in [-0.4, -0.2) is 28.4 Å². The molecule has 3 aromatic rings. The number of carbonyl (C=O) groups is 2. The summed E-state index contributed by atoms with van der Waals surface area (Å²) in [4.78, 5) is 41.1. The highest BCUT2D eigenvalue weighted by Gasteiger charge is 2.19. The van der Waals surface area contributed by atoms with E-state index in [1.165, 1.54) is 18.6 Å². The number of aromatic nitrogens is 2. The Hall–Kier alpha value is -3.26. The number of nitrogens with one attached hydrogen (secondary N) is 1. The van der Waals surface area contributed by atoms with Gasteiger partial charge in [-0.3, -0.25) is 23.9 Å². The Bertz CT molecular complexity index is 1100. The second-order valence-electron chi connectivity index (χ2n) is 6.46. The van der Waals surface area contributed by atoms with Gasteiger partial charge in [0.15, 0.2) is 5.78 Å². The van der Waals surface area contributed by atoms with E-state index in [0.717, 1.165) is 17.0 Å². The molecule has 0 atom stereocenters. The van der Waals surface area contributed by atoms with Gasteiger partial charge in [-0.2, -0.15) is 0 Å². The number of amides is 1. The van der Waals surface area contributed by atoms with Crippen LogP contribution in [0.3, 0.4) is 0 Å². The largest absolute Gasteiger partial charge is 0.496 e. The van der Waals surface area contributed by atoms with Crippen molar-refractivity contribution in [3.05, 3.63) is 79.7 Å². The van der Waals surface area contributed by atoms with Crippen LogP contribution in [0.4, 0.5) is 0 Å². The second kappa shape index (κ2) is 8.83. The predicted octanol–water partition coefficient (Wildman–Crippen LogP) is 2.80. The van der Waals surface area contributed by atoms with Gasteiger partial charge in [0.1, 0.15) is 10.6 Å². The molecule has 0 fully saturated rings. The van der Waals surface area contributed by atoms with Crippen LogP contribution >= 0.6 is 11.3 Å². The quantitative estimate of drug-likeness (QED) is 0.604. The molecule has 2 aromatic heterocycles. The zero-order valence-corrected chi connectivity index (χ0v) is 17.2. The molecule has 8 heteroatoms. The number of methoxy groups -OCH3 is 1. The van der Waals surface area contributed by atoms with Crippen molar-refractivity contribution in [2.75, 3.05) is 7.11 Å². The van der Waals surface area contributed by atoms with Crippen molar-refractivity contribution < 1.29 is 14.3 Å². The molecule has 3 rings (SSSR count). The average Bonchev–Trinajstić information content (AvgIpc) is 3.01. The molecule has 0 saturated carbocycles. The van der Waals surface area contributed by atoms with E-state index < -0.39 is 0 Å². The smallest absolute Gasteiger partial charge is 0.308 e. The fourth-order valence-corrected chi connectivity index (χ4v) is 3.82. The van der Waals surface area contributed by atoms with Gasteiger partial charge in [-0.15, -0.1) is 0 Å². The molecule has 0 aliphatic rings. The van der Waals surface area contributed by atoms with Crippen molar-refractivity contribution in [3.63, 3.8) is 0 Å². The number of rotatable bonds is 7. The van der Waals surface area contributed by atoms with Gasteiger partial charge in [0, 0.05) is 23.0 Å². The number of thiazole rings is 1. The third kappa shape index (κ3) is 4.60. The number of benzene rings is 1. The summed E-state index contributed by atoms with van der Waals surface area (Å²) >= 11 is 0.895. The van der Waals surface area contributed by atoms with Gasteiger partial charge in [-0.1, -0.05) is 17.4 Å². The fourth-order valence-electron chi connectivity index (χ4n) is 2.91. The number of ether oxygens (including phenoxy) is 1. The zero-order chi connectivity index (χ0) is 21.0. The molecule has 1 aromatic carbocycles. The van der Waals surface area contributed by atoms with Crippen LogP contribution < -0.4 is 14.9 Å². The van der Waals surface area contributed by atoms with Crippen LogP contribution in [0.1, 0.15) is 43.9 Å². The van der Waals surface area contributed by atoms with Crippen molar-refractivity contribution >= 4 is 23.0 Å². The maximum absolute atomic E-state index is 12.6. The van der Waals surface area contributed by atoms with Crippen molar-refractivity contribution in [1.82, 2.24) is 14.9 Å². The summed E-state index contributed by atoms with van der Waals surface area (Å²) < 4.78 is 6.88. The molecular formula is C21H21N3O4S. The summed E-state index contributed by atoms with van der Waals surface area (Å²) in [6, 6.07) is 10.6. The molecule has 2 heterocycles. The summed E-state index contributed by atoms with van der Waals surface area (Å²) in [5, 5.41) is 2.79. The third-order valence-corrected chi connectivity index (χ3v) is 5.60. The maximum atomic E-state index is 12.6. The Labute approximate surface area is 172 Å². The minimum absolute atomic E-state index is 0.0714. The van der Waals surface area contributed by atoms with E-state index in [9.17, 15) is 14.4 Å². The lowest BCUT2D eigenvalue weighted by Gasteiger charge is -2.12. The Morgan fingerprint density at radius 3 is 2.69 bits per heavy atom. The standard InChI is InChI=1S/C21H21N3O4S/c1-13-19(20(26)23-11-17-6-4-5-9-22-17)29-21(27)24(13)12-16-10-15(14(2)25)7-8-18(16)28-3/h4-10H,11-12H2,1-3H3,(H,23,26). The summed E-state index contributed by atoms with van der Waals surface area (Å²) in [7, 11) is 1.53. The summed E-state index contributed by atoms with van der Waals surface area (Å²) in [6.45, 7) is 3.70. The molecule has 0 radical (unpaired) electrons. The predicted molar refractivity (Wildman–Crippen MR) is 111 cm³/mol. The Morgan fingerprint density at radius 2 is 2.03 bits per heavy atom. The van der Waals surface area contributed by atoms with Crippen molar-refractivity contribution in [2.24, 2.45) is 0 Å². The molecule has 1 N–H and O–H groups in total. The highest BCUT2D eigenvalue weighted by molar-refractivity contribution is 7.11. The average molecular weight is 411 g/mol. The number of ketones is 1. The molecule has 1 amide bonds. The lowest BCUT2D eigenvalue weighted by molar-refractivity contribution is 0.0952. The van der Waals surface area contributed by atoms with E-state index in [4.69, 9.17) is 4.74 Å². The van der Waals surface area contributed by atoms with Gasteiger partial charge >= 0.3 is 4.87 Å². The molecule has 7 nitrogen and oxygen atoms in total. The fraction of sp³-hybridized carbons (Fsp3) is 0.238. The molecule has 150 valence electrons. The normalized spacial score (nSPS) is 10.6. The van der Waals surface area contributed by atoms with Crippen LogP contribution in [0.25, 0.3) is 0 Å². The van der Waals surface area contributed by atoms with Crippen molar-refractivity contribution in [3.8, 4) is 5.75 Å². The summed E-state index contributed by atoms with van der Waals surface area (Å²) in [5.74, 6) is 0.185. The molecule has 0 bridgehead atoms. The molecule has 0 unspecified atom stereocenters. The Kier molecular flexibility index (Phi) is 6.23. The van der Waals surface area contributed by atoms with E-state index >= 15 is 0 Å². The molecule has 0 saturated heterocycles. The van der Waals surface area contributed by atoms with E-state index in [0.29, 0.717) is 27.4 Å². The topological polar surface area (TPSA) is 90.3 Å². The first-order valence-electron chi connectivity index (χ1n) is 8.97. The first-order chi connectivity index (χ1) is 13.9. The number of nitrogens with zero attached hydrogens (tertiary/aromatic N) is 2. The van der Waals surface area contributed by atoms with Crippen LogP contribution in [-0.2, 0) is 13.1 Å². The SMILES string of the molecule is COc1ccc(C(C)=O)cc1Cn1c(C)c(C(=O)NCc2ccccn2)sc1=O. The Balaban J connectivity index is 1.84. The van der Waals surface area contributed by atoms with E-state index in [1.54, 1.807) is 37.4 Å². The van der Waals surface area contributed by atoms with Crippen molar-refractivity contribution in [2.45, 2.75) is 26.9 Å². The van der Waals surface area contributed by atoms with Gasteiger partial charge in [-0.05, 0) is 44.2 Å². The van der Waals surface area contributed by atoms with Gasteiger partial charge in [0.05, 0.1) is 25.9 Å². The van der Waals surface area contributed by atoms with Gasteiger partial charge < -0.3 is 10.1 Å². The molecule has 0 aliphatic carbocycles. The zero-order valence-electron chi connectivity index (χ0n) is 16.4. The van der Waals surface area contributed by atoms with E-state index in [-0.39, 0.29) is 29.7 Å². The minimum Gasteiger partial charge on any atom is -0.496 e. The van der Waals surface area contributed by atoms with Gasteiger partial charge in [0.25, 0.3) is 5.91 Å². The maximum Gasteiger partial charge on any atom is 0.308 e. The van der Waals surface area contributed by atoms with Crippen molar-refractivity contribution in [1.29, 1.82) is 0 Å². The number of hydrogen-bond acceptors (Lipinski definition) is 6. The monoisotopic (exact) mass is 411 g/mol. The first kappa shape index (κ1) is 20.5. The number of carbonyl (C=O) groups excluding carboxylic acids is 2. The van der Waals surface area contributed by atoms with Crippen LogP contribution in [0.5, 0.6) is 5.75 Å². The highest BCUT2D eigenvalue weighted by Crippen LogP contribution is 2.23.